The Hall–Kier alpha value is -1.85. The van der Waals surface area contributed by atoms with Crippen molar-refractivity contribution < 1.29 is 4.79 Å². The van der Waals surface area contributed by atoms with Crippen molar-refractivity contribution in [3.8, 4) is 0 Å². The molecule has 0 saturated carbocycles. The molecule has 1 aromatic heterocycles. The number of anilines is 2. The third-order valence-electron chi connectivity index (χ3n) is 2.39. The van der Waals surface area contributed by atoms with Crippen molar-refractivity contribution in [1.82, 2.24) is 15.3 Å². The summed E-state index contributed by atoms with van der Waals surface area (Å²) in [4.78, 5) is 20.0. The predicted octanol–water partition coefficient (Wildman–Crippen LogP) is 1.51. The standard InChI is InChI=1S/C13H23N5O/c1-8(2)13-17-10(14)7-11(18-13)15-6-5-12(19)16-9(3)4/h7-9H,5-6H2,1-4H3,(H,16,19)(H3,14,15,17,18). The van der Waals surface area contributed by atoms with Gasteiger partial charge in [0.15, 0.2) is 0 Å². The highest BCUT2D eigenvalue weighted by Gasteiger charge is 2.07. The number of carbonyl (C=O) groups excluding carboxylic acids is 1. The molecular formula is C13H23N5O. The van der Waals surface area contributed by atoms with Crippen LogP contribution in [-0.2, 0) is 4.79 Å². The maximum atomic E-state index is 11.5. The Balaban J connectivity index is 2.51. The second-order valence-corrected chi connectivity index (χ2v) is 5.09. The van der Waals surface area contributed by atoms with Gasteiger partial charge in [-0.2, -0.15) is 0 Å². The van der Waals surface area contributed by atoms with Gasteiger partial charge in [-0.1, -0.05) is 13.8 Å². The Bertz CT molecular complexity index is 431. The number of nitrogen functional groups attached to an aromatic ring is 1. The van der Waals surface area contributed by atoms with Gasteiger partial charge in [-0.05, 0) is 13.8 Å². The summed E-state index contributed by atoms with van der Waals surface area (Å²) in [5.74, 6) is 2.04. The van der Waals surface area contributed by atoms with Crippen LogP contribution in [0.2, 0.25) is 0 Å². The maximum Gasteiger partial charge on any atom is 0.221 e. The van der Waals surface area contributed by atoms with E-state index in [9.17, 15) is 4.79 Å². The minimum atomic E-state index is 0.0219. The topological polar surface area (TPSA) is 92.9 Å². The lowest BCUT2D eigenvalue weighted by atomic mass is 10.2. The fourth-order valence-corrected chi connectivity index (χ4v) is 1.53. The summed E-state index contributed by atoms with van der Waals surface area (Å²) in [7, 11) is 0. The van der Waals surface area contributed by atoms with Gasteiger partial charge in [0.25, 0.3) is 0 Å². The molecule has 0 aliphatic carbocycles. The normalized spacial score (nSPS) is 10.8. The van der Waals surface area contributed by atoms with E-state index < -0.39 is 0 Å². The number of carbonyl (C=O) groups is 1. The molecule has 1 amide bonds. The van der Waals surface area contributed by atoms with Gasteiger partial charge >= 0.3 is 0 Å². The molecule has 0 bridgehead atoms. The van der Waals surface area contributed by atoms with E-state index in [-0.39, 0.29) is 17.9 Å². The number of nitrogens with zero attached hydrogens (tertiary/aromatic N) is 2. The van der Waals surface area contributed by atoms with Crippen molar-refractivity contribution in [3.05, 3.63) is 11.9 Å². The Morgan fingerprint density at radius 1 is 1.32 bits per heavy atom. The second-order valence-electron chi connectivity index (χ2n) is 5.09. The van der Waals surface area contributed by atoms with E-state index in [1.54, 1.807) is 6.07 Å². The van der Waals surface area contributed by atoms with Gasteiger partial charge in [0, 0.05) is 31.0 Å². The molecule has 0 aliphatic heterocycles. The highest BCUT2D eigenvalue weighted by atomic mass is 16.1. The minimum Gasteiger partial charge on any atom is -0.384 e. The molecule has 19 heavy (non-hydrogen) atoms. The molecule has 0 fully saturated rings. The van der Waals surface area contributed by atoms with Gasteiger partial charge in [-0.15, -0.1) is 0 Å². The van der Waals surface area contributed by atoms with Crippen LogP contribution in [0.5, 0.6) is 0 Å². The smallest absolute Gasteiger partial charge is 0.221 e. The van der Waals surface area contributed by atoms with Gasteiger partial charge in [0.1, 0.15) is 17.5 Å². The van der Waals surface area contributed by atoms with E-state index in [2.05, 4.69) is 20.6 Å². The van der Waals surface area contributed by atoms with Crippen molar-refractivity contribution in [3.63, 3.8) is 0 Å². The third-order valence-corrected chi connectivity index (χ3v) is 2.39. The van der Waals surface area contributed by atoms with Crippen molar-refractivity contribution in [2.24, 2.45) is 0 Å². The number of hydrogen-bond acceptors (Lipinski definition) is 5. The molecule has 0 aromatic carbocycles. The van der Waals surface area contributed by atoms with Crippen molar-refractivity contribution in [2.45, 2.75) is 46.1 Å². The summed E-state index contributed by atoms with van der Waals surface area (Å²) in [5, 5.41) is 5.93. The molecule has 1 rings (SSSR count). The number of amides is 1. The van der Waals surface area contributed by atoms with Crippen LogP contribution >= 0.6 is 0 Å². The lowest BCUT2D eigenvalue weighted by molar-refractivity contribution is -0.121. The molecule has 0 radical (unpaired) electrons. The van der Waals surface area contributed by atoms with Crippen LogP contribution < -0.4 is 16.4 Å². The van der Waals surface area contributed by atoms with Crippen molar-refractivity contribution in [1.29, 1.82) is 0 Å². The first kappa shape index (κ1) is 15.2. The molecule has 1 heterocycles. The largest absolute Gasteiger partial charge is 0.384 e. The first-order valence-electron chi connectivity index (χ1n) is 6.56. The predicted molar refractivity (Wildman–Crippen MR) is 76.9 cm³/mol. The summed E-state index contributed by atoms with van der Waals surface area (Å²) < 4.78 is 0. The first-order valence-corrected chi connectivity index (χ1v) is 6.56. The molecule has 1 aromatic rings. The Morgan fingerprint density at radius 3 is 2.58 bits per heavy atom. The van der Waals surface area contributed by atoms with Gasteiger partial charge < -0.3 is 16.4 Å². The van der Waals surface area contributed by atoms with Crippen molar-refractivity contribution in [2.75, 3.05) is 17.6 Å². The summed E-state index contributed by atoms with van der Waals surface area (Å²) in [5.41, 5.74) is 5.72. The maximum absolute atomic E-state index is 11.5. The zero-order valence-electron chi connectivity index (χ0n) is 12.0. The first-order chi connectivity index (χ1) is 8.88. The fraction of sp³-hybridized carbons (Fsp3) is 0.615. The number of aromatic nitrogens is 2. The van der Waals surface area contributed by atoms with E-state index in [0.717, 1.165) is 0 Å². The monoisotopic (exact) mass is 265 g/mol. The van der Waals surface area contributed by atoms with E-state index >= 15 is 0 Å². The summed E-state index contributed by atoms with van der Waals surface area (Å²) >= 11 is 0. The highest BCUT2D eigenvalue weighted by molar-refractivity contribution is 5.76. The second kappa shape index (κ2) is 6.92. The zero-order chi connectivity index (χ0) is 14.4. The van der Waals surface area contributed by atoms with E-state index in [1.165, 1.54) is 0 Å². The fourth-order valence-electron chi connectivity index (χ4n) is 1.53. The average Bonchev–Trinajstić information content (AvgIpc) is 2.27. The number of rotatable bonds is 6. The molecule has 6 heteroatoms. The summed E-state index contributed by atoms with van der Waals surface area (Å²) in [6.07, 6.45) is 0.402. The van der Waals surface area contributed by atoms with E-state index in [0.29, 0.717) is 30.4 Å². The van der Waals surface area contributed by atoms with Crippen LogP contribution in [0.3, 0.4) is 0 Å². The molecule has 0 spiro atoms. The van der Waals surface area contributed by atoms with Gasteiger partial charge in [0.05, 0.1) is 0 Å². The Labute approximate surface area is 114 Å². The molecule has 0 aliphatic rings. The lowest BCUT2D eigenvalue weighted by Crippen LogP contribution is -2.31. The molecule has 106 valence electrons. The van der Waals surface area contributed by atoms with Crippen LogP contribution in [0.25, 0.3) is 0 Å². The SMILES string of the molecule is CC(C)NC(=O)CCNc1cc(N)nc(C(C)C)n1. The van der Waals surface area contributed by atoms with E-state index in [4.69, 9.17) is 5.73 Å². The molecule has 6 nitrogen and oxygen atoms in total. The summed E-state index contributed by atoms with van der Waals surface area (Å²) in [6.45, 7) is 8.41. The molecule has 0 atom stereocenters. The van der Waals surface area contributed by atoms with Crippen LogP contribution in [-0.4, -0.2) is 28.5 Å². The van der Waals surface area contributed by atoms with Crippen LogP contribution in [0.4, 0.5) is 11.6 Å². The quantitative estimate of drug-likeness (QED) is 0.725. The van der Waals surface area contributed by atoms with Crippen LogP contribution in [0.1, 0.15) is 45.9 Å². The van der Waals surface area contributed by atoms with Gasteiger partial charge in [0.2, 0.25) is 5.91 Å². The average molecular weight is 265 g/mol. The number of nitrogens with two attached hydrogens (primary N) is 1. The van der Waals surface area contributed by atoms with Crippen LogP contribution in [0.15, 0.2) is 6.07 Å². The third kappa shape index (κ3) is 5.54. The van der Waals surface area contributed by atoms with Crippen molar-refractivity contribution >= 4 is 17.5 Å². The van der Waals surface area contributed by atoms with Gasteiger partial charge in [-0.3, -0.25) is 4.79 Å². The number of nitrogens with one attached hydrogen (secondary N) is 2. The highest BCUT2D eigenvalue weighted by Crippen LogP contribution is 2.14. The summed E-state index contributed by atoms with van der Waals surface area (Å²) in [6, 6.07) is 1.83. The Kier molecular flexibility index (Phi) is 5.54. The zero-order valence-corrected chi connectivity index (χ0v) is 12.0. The van der Waals surface area contributed by atoms with E-state index in [1.807, 2.05) is 27.7 Å². The molecule has 0 saturated heterocycles. The number of hydrogen-bond donors (Lipinski definition) is 3. The molecule has 4 N–H and O–H groups in total. The lowest BCUT2D eigenvalue weighted by Gasteiger charge is -2.11. The Morgan fingerprint density at radius 2 is 2.00 bits per heavy atom. The molecule has 0 unspecified atom stereocenters. The van der Waals surface area contributed by atoms with Gasteiger partial charge in [-0.25, -0.2) is 9.97 Å². The van der Waals surface area contributed by atoms with Crippen LogP contribution in [0, 0.1) is 0 Å². The minimum absolute atomic E-state index is 0.0219. The molecular weight excluding hydrogens is 242 g/mol.